The van der Waals surface area contributed by atoms with Crippen LogP contribution in [0.1, 0.15) is 0 Å². The lowest BCUT2D eigenvalue weighted by Gasteiger charge is -2.45. The van der Waals surface area contributed by atoms with Crippen LogP contribution in [0.15, 0.2) is 151 Å². The van der Waals surface area contributed by atoms with Crippen molar-refractivity contribution in [3.63, 3.8) is 0 Å². The molecule has 0 aliphatic carbocycles. The Bertz CT molecular complexity index is 2120. The van der Waals surface area contributed by atoms with Gasteiger partial charge in [0.1, 0.15) is 0 Å². The Balaban J connectivity index is 1.39. The van der Waals surface area contributed by atoms with Gasteiger partial charge in [0, 0.05) is 44.0 Å². The molecule has 2 aliphatic heterocycles. The first-order chi connectivity index (χ1) is 20.9. The number of rotatable bonds is 3. The summed E-state index contributed by atoms with van der Waals surface area (Å²) in [5.74, 6) is 0. The lowest BCUT2D eigenvalue weighted by Crippen LogP contribution is -2.61. The molecule has 0 saturated heterocycles. The lowest BCUT2D eigenvalue weighted by molar-refractivity contribution is 1.27. The molecule has 0 spiro atoms. The normalized spacial score (nSPS) is 13.1. The topological polar surface area (TPSA) is 6.48 Å². The summed E-state index contributed by atoms with van der Waals surface area (Å²) in [6.07, 6.45) is 0. The first-order valence-corrected chi connectivity index (χ1v) is 15.3. The molecule has 2 aliphatic rings. The van der Waals surface area contributed by atoms with E-state index in [2.05, 4.69) is 161 Å². The highest BCUT2D eigenvalue weighted by atomic mass is 32.1. The SMILES string of the molecule is c1ccc(-c2c(N3c4ccccc4B4c5c(cccc53)-c3ccccc3N4c3ccccc3)ccc3sccc23)cc1. The molecule has 196 valence electrons. The van der Waals surface area contributed by atoms with Crippen LogP contribution in [-0.2, 0) is 0 Å². The minimum absolute atomic E-state index is 0.0472. The molecule has 6 aromatic carbocycles. The van der Waals surface area contributed by atoms with Gasteiger partial charge in [0.2, 0.25) is 0 Å². The number of hydrogen-bond acceptors (Lipinski definition) is 3. The smallest absolute Gasteiger partial charge is 0.333 e. The molecular formula is C38H25BN2S. The maximum Gasteiger partial charge on any atom is 0.333 e. The van der Waals surface area contributed by atoms with Gasteiger partial charge in [-0.25, -0.2) is 0 Å². The molecule has 7 aromatic rings. The van der Waals surface area contributed by atoms with E-state index in [1.807, 2.05) is 0 Å². The van der Waals surface area contributed by atoms with Gasteiger partial charge in [-0.05, 0) is 76.0 Å². The largest absolute Gasteiger partial charge is 0.376 e. The molecule has 2 nitrogen and oxygen atoms in total. The fraction of sp³-hybridized carbons (Fsp3) is 0. The zero-order chi connectivity index (χ0) is 27.6. The fourth-order valence-electron chi connectivity index (χ4n) is 7.06. The summed E-state index contributed by atoms with van der Waals surface area (Å²) in [6, 6.07) is 53.3. The average molecular weight is 553 g/mol. The van der Waals surface area contributed by atoms with E-state index in [1.165, 1.54) is 71.7 Å². The van der Waals surface area contributed by atoms with Gasteiger partial charge in [-0.15, -0.1) is 11.3 Å². The van der Waals surface area contributed by atoms with E-state index in [4.69, 9.17) is 0 Å². The molecule has 0 fully saturated rings. The predicted octanol–water partition coefficient (Wildman–Crippen LogP) is 9.28. The van der Waals surface area contributed by atoms with Crippen molar-refractivity contribution in [3.8, 4) is 22.3 Å². The Kier molecular flexibility index (Phi) is 5.20. The van der Waals surface area contributed by atoms with Crippen molar-refractivity contribution in [2.24, 2.45) is 0 Å². The molecule has 1 aromatic heterocycles. The van der Waals surface area contributed by atoms with Gasteiger partial charge in [0.05, 0.1) is 5.69 Å². The minimum Gasteiger partial charge on any atom is -0.376 e. The van der Waals surface area contributed by atoms with E-state index in [0.717, 1.165) is 0 Å². The highest BCUT2D eigenvalue weighted by Crippen LogP contribution is 2.49. The van der Waals surface area contributed by atoms with Crippen LogP contribution in [0.4, 0.5) is 28.4 Å². The maximum atomic E-state index is 2.54. The van der Waals surface area contributed by atoms with Crippen LogP contribution >= 0.6 is 11.3 Å². The van der Waals surface area contributed by atoms with Crippen LogP contribution in [0.25, 0.3) is 32.3 Å². The molecule has 4 heteroatoms. The standard InChI is InChI=1S/C38H25BN2S/c1-3-12-26(13-4-1)37-30-24-25-42-36(30)23-22-34(37)40-33-20-10-8-18-31(33)39-38-29(17-11-21-35(38)40)28-16-7-9-19-32(28)41(39)27-14-5-2-6-15-27/h1-25H. The van der Waals surface area contributed by atoms with Crippen LogP contribution in [0.5, 0.6) is 0 Å². The van der Waals surface area contributed by atoms with E-state index in [1.54, 1.807) is 11.3 Å². The second-order valence-corrected chi connectivity index (χ2v) is 11.9. The number of hydrogen-bond donors (Lipinski definition) is 0. The van der Waals surface area contributed by atoms with Crippen LogP contribution in [0.3, 0.4) is 0 Å². The number of para-hydroxylation sites is 3. The van der Waals surface area contributed by atoms with E-state index in [9.17, 15) is 0 Å². The molecule has 9 rings (SSSR count). The molecule has 0 radical (unpaired) electrons. The van der Waals surface area contributed by atoms with Crippen molar-refractivity contribution in [3.05, 3.63) is 151 Å². The van der Waals surface area contributed by atoms with Crippen molar-refractivity contribution >= 4 is 67.6 Å². The number of benzene rings is 6. The Morgan fingerprint density at radius 2 is 1.19 bits per heavy atom. The van der Waals surface area contributed by atoms with Gasteiger partial charge in [0.25, 0.3) is 0 Å². The lowest BCUT2D eigenvalue weighted by atomic mass is 9.43. The Morgan fingerprint density at radius 3 is 2.05 bits per heavy atom. The second-order valence-electron chi connectivity index (χ2n) is 10.9. The van der Waals surface area contributed by atoms with Gasteiger partial charge in [-0.3, -0.25) is 0 Å². The van der Waals surface area contributed by atoms with Crippen molar-refractivity contribution in [2.75, 3.05) is 9.71 Å². The Morgan fingerprint density at radius 1 is 0.500 bits per heavy atom. The van der Waals surface area contributed by atoms with Crippen LogP contribution < -0.4 is 20.6 Å². The third kappa shape index (κ3) is 3.33. The highest BCUT2D eigenvalue weighted by Gasteiger charge is 2.44. The summed E-state index contributed by atoms with van der Waals surface area (Å²) in [4.78, 5) is 5.05. The van der Waals surface area contributed by atoms with Gasteiger partial charge >= 0.3 is 6.85 Å². The third-order valence-corrected chi connectivity index (χ3v) is 9.61. The van der Waals surface area contributed by atoms with Crippen molar-refractivity contribution in [2.45, 2.75) is 0 Å². The minimum atomic E-state index is 0.0472. The second kappa shape index (κ2) is 9.23. The van der Waals surface area contributed by atoms with Crippen molar-refractivity contribution < 1.29 is 0 Å². The molecule has 0 amide bonds. The first kappa shape index (κ1) is 23.6. The number of anilines is 5. The summed E-state index contributed by atoms with van der Waals surface area (Å²) in [6.45, 7) is 0.0472. The van der Waals surface area contributed by atoms with E-state index < -0.39 is 0 Å². The van der Waals surface area contributed by atoms with Gasteiger partial charge < -0.3 is 9.71 Å². The van der Waals surface area contributed by atoms with Crippen molar-refractivity contribution in [1.82, 2.24) is 0 Å². The molecular weight excluding hydrogens is 527 g/mol. The van der Waals surface area contributed by atoms with Gasteiger partial charge in [-0.2, -0.15) is 0 Å². The predicted molar refractivity (Wildman–Crippen MR) is 181 cm³/mol. The molecule has 0 bridgehead atoms. The quantitative estimate of drug-likeness (QED) is 0.202. The van der Waals surface area contributed by atoms with Gasteiger partial charge in [0.15, 0.2) is 0 Å². The van der Waals surface area contributed by atoms with E-state index >= 15 is 0 Å². The van der Waals surface area contributed by atoms with E-state index in [-0.39, 0.29) is 6.85 Å². The van der Waals surface area contributed by atoms with Crippen LogP contribution in [-0.4, -0.2) is 6.85 Å². The monoisotopic (exact) mass is 552 g/mol. The summed E-state index contributed by atoms with van der Waals surface area (Å²) >= 11 is 1.80. The van der Waals surface area contributed by atoms with Gasteiger partial charge in [-0.1, -0.05) is 97.1 Å². The van der Waals surface area contributed by atoms with Crippen LogP contribution in [0.2, 0.25) is 0 Å². The third-order valence-electron chi connectivity index (χ3n) is 8.73. The summed E-state index contributed by atoms with van der Waals surface area (Å²) in [5.41, 5.74) is 13.8. The number of fused-ring (bicyclic) bond motifs is 5. The Labute approximate surface area is 249 Å². The first-order valence-electron chi connectivity index (χ1n) is 14.4. The molecule has 0 unspecified atom stereocenters. The average Bonchev–Trinajstić information content (AvgIpc) is 3.54. The zero-order valence-corrected chi connectivity index (χ0v) is 23.6. The molecule has 0 atom stereocenters. The summed E-state index contributed by atoms with van der Waals surface area (Å²) in [5, 5.41) is 3.50. The number of nitrogens with zero attached hydrogens (tertiary/aromatic N) is 2. The Hall–Kier alpha value is -5.06. The van der Waals surface area contributed by atoms with Crippen molar-refractivity contribution in [1.29, 1.82) is 0 Å². The summed E-state index contributed by atoms with van der Waals surface area (Å²) in [7, 11) is 0. The molecule has 0 N–H and O–H groups in total. The highest BCUT2D eigenvalue weighted by molar-refractivity contribution is 7.17. The van der Waals surface area contributed by atoms with E-state index in [0.29, 0.717) is 0 Å². The molecule has 3 heterocycles. The number of thiophene rings is 1. The maximum absolute atomic E-state index is 2.54. The fourth-order valence-corrected chi connectivity index (χ4v) is 7.85. The van der Waals surface area contributed by atoms with Crippen LogP contribution in [0, 0.1) is 0 Å². The zero-order valence-electron chi connectivity index (χ0n) is 22.8. The summed E-state index contributed by atoms with van der Waals surface area (Å²) < 4.78 is 1.31. The molecule has 42 heavy (non-hydrogen) atoms. The molecule has 0 saturated carbocycles.